The Balaban J connectivity index is 2.25. The Morgan fingerprint density at radius 3 is 2.63 bits per heavy atom. The molecule has 0 bridgehead atoms. The number of hydrogen-bond acceptors (Lipinski definition) is 6. The summed E-state index contributed by atoms with van der Waals surface area (Å²) in [5, 5.41) is 2.88. The monoisotopic (exact) mass is 295 g/mol. The molecule has 0 atom stereocenters. The molecule has 19 heavy (non-hydrogen) atoms. The predicted molar refractivity (Wildman–Crippen MR) is 80.4 cm³/mol. The zero-order valence-electron chi connectivity index (χ0n) is 11.5. The van der Waals surface area contributed by atoms with E-state index in [1.54, 1.807) is 11.3 Å². The average Bonchev–Trinajstić information content (AvgIpc) is 2.95. The van der Waals surface area contributed by atoms with Crippen molar-refractivity contribution in [2.75, 3.05) is 11.9 Å². The van der Waals surface area contributed by atoms with Crippen molar-refractivity contribution in [3.8, 4) is 0 Å². The van der Waals surface area contributed by atoms with Crippen LogP contribution in [0.4, 0.5) is 5.13 Å². The number of carbonyl (C=O) groups excluding carboxylic acids is 1. The summed E-state index contributed by atoms with van der Waals surface area (Å²) in [4.78, 5) is 22.8. The SMILES string of the molecule is CN(Cc1cscn1)c1nc(C(C)(C)C)c(C=O)s1. The molecule has 6 heteroatoms. The van der Waals surface area contributed by atoms with E-state index in [0.717, 1.165) is 22.8 Å². The minimum atomic E-state index is -0.119. The first kappa shape index (κ1) is 14.1. The van der Waals surface area contributed by atoms with E-state index >= 15 is 0 Å². The number of anilines is 1. The second kappa shape index (κ2) is 5.38. The van der Waals surface area contributed by atoms with Crippen LogP contribution in [0.3, 0.4) is 0 Å². The van der Waals surface area contributed by atoms with E-state index in [9.17, 15) is 4.79 Å². The standard InChI is InChI=1S/C13H17N3OS2/c1-13(2,3)11-10(6-17)19-12(15-11)16(4)5-9-7-18-8-14-9/h6-8H,5H2,1-4H3. The lowest BCUT2D eigenvalue weighted by molar-refractivity contribution is 0.112. The summed E-state index contributed by atoms with van der Waals surface area (Å²) in [5.41, 5.74) is 3.59. The number of aldehydes is 1. The van der Waals surface area contributed by atoms with E-state index in [2.05, 4.69) is 30.7 Å². The van der Waals surface area contributed by atoms with Gasteiger partial charge in [0.15, 0.2) is 11.4 Å². The molecule has 0 saturated heterocycles. The van der Waals surface area contributed by atoms with E-state index in [0.29, 0.717) is 11.4 Å². The van der Waals surface area contributed by atoms with Crippen LogP contribution in [0.25, 0.3) is 0 Å². The molecule has 0 N–H and O–H groups in total. The molecule has 2 heterocycles. The molecule has 2 aromatic heterocycles. The molecule has 0 radical (unpaired) electrons. The third kappa shape index (κ3) is 3.19. The first-order chi connectivity index (χ1) is 8.91. The largest absolute Gasteiger partial charge is 0.345 e. The van der Waals surface area contributed by atoms with Crippen molar-refractivity contribution in [1.82, 2.24) is 9.97 Å². The lowest BCUT2D eigenvalue weighted by atomic mass is 9.91. The van der Waals surface area contributed by atoms with Gasteiger partial charge in [0.25, 0.3) is 0 Å². The summed E-state index contributed by atoms with van der Waals surface area (Å²) < 4.78 is 0. The van der Waals surface area contributed by atoms with E-state index in [1.165, 1.54) is 11.3 Å². The van der Waals surface area contributed by atoms with Crippen LogP contribution in [0.5, 0.6) is 0 Å². The molecule has 4 nitrogen and oxygen atoms in total. The molecule has 0 aromatic carbocycles. The number of aromatic nitrogens is 2. The summed E-state index contributed by atoms with van der Waals surface area (Å²) in [6.45, 7) is 6.91. The number of thiazole rings is 2. The highest BCUT2D eigenvalue weighted by atomic mass is 32.1. The van der Waals surface area contributed by atoms with Gasteiger partial charge in [-0.2, -0.15) is 0 Å². The summed E-state index contributed by atoms with van der Waals surface area (Å²) >= 11 is 3.02. The van der Waals surface area contributed by atoms with Crippen molar-refractivity contribution < 1.29 is 4.79 Å². The normalized spacial score (nSPS) is 11.6. The molecule has 0 unspecified atom stereocenters. The minimum Gasteiger partial charge on any atom is -0.345 e. The highest BCUT2D eigenvalue weighted by molar-refractivity contribution is 7.17. The molecular weight excluding hydrogens is 278 g/mol. The molecule has 0 aliphatic heterocycles. The molecule has 0 aliphatic carbocycles. The Hall–Kier alpha value is -1.27. The van der Waals surface area contributed by atoms with Gasteiger partial charge in [0.05, 0.1) is 28.3 Å². The number of carbonyl (C=O) groups is 1. The van der Waals surface area contributed by atoms with Crippen LogP contribution in [-0.4, -0.2) is 23.3 Å². The van der Waals surface area contributed by atoms with Crippen LogP contribution in [0.2, 0.25) is 0 Å². The Morgan fingerprint density at radius 1 is 1.42 bits per heavy atom. The predicted octanol–water partition coefficient (Wildman–Crippen LogP) is 3.35. The summed E-state index contributed by atoms with van der Waals surface area (Å²) in [6.07, 6.45) is 0.901. The smallest absolute Gasteiger partial charge is 0.186 e. The van der Waals surface area contributed by atoms with Crippen molar-refractivity contribution in [3.63, 3.8) is 0 Å². The lowest BCUT2D eigenvalue weighted by Gasteiger charge is -2.17. The van der Waals surface area contributed by atoms with E-state index in [-0.39, 0.29) is 5.41 Å². The van der Waals surface area contributed by atoms with Crippen LogP contribution >= 0.6 is 22.7 Å². The van der Waals surface area contributed by atoms with Crippen molar-refractivity contribution in [1.29, 1.82) is 0 Å². The maximum atomic E-state index is 11.2. The fourth-order valence-corrected chi connectivity index (χ4v) is 3.33. The quantitative estimate of drug-likeness (QED) is 0.812. The van der Waals surface area contributed by atoms with Crippen molar-refractivity contribution >= 4 is 34.1 Å². The van der Waals surface area contributed by atoms with Crippen LogP contribution in [-0.2, 0) is 12.0 Å². The van der Waals surface area contributed by atoms with Gasteiger partial charge in [-0.05, 0) is 0 Å². The van der Waals surface area contributed by atoms with Crippen molar-refractivity contribution in [2.45, 2.75) is 32.7 Å². The maximum Gasteiger partial charge on any atom is 0.186 e. The number of nitrogens with zero attached hydrogens (tertiary/aromatic N) is 3. The molecule has 0 amide bonds. The molecule has 102 valence electrons. The van der Waals surface area contributed by atoms with Gasteiger partial charge in [-0.3, -0.25) is 4.79 Å². The zero-order valence-corrected chi connectivity index (χ0v) is 13.1. The molecular formula is C13H17N3OS2. The third-order valence-electron chi connectivity index (χ3n) is 2.67. The number of rotatable bonds is 4. The van der Waals surface area contributed by atoms with Gasteiger partial charge in [0.2, 0.25) is 0 Å². The van der Waals surface area contributed by atoms with Gasteiger partial charge in [-0.1, -0.05) is 32.1 Å². The molecule has 0 aliphatic rings. The van der Waals surface area contributed by atoms with E-state index in [4.69, 9.17) is 0 Å². The summed E-state index contributed by atoms with van der Waals surface area (Å²) in [7, 11) is 1.97. The second-order valence-electron chi connectivity index (χ2n) is 5.41. The number of hydrogen-bond donors (Lipinski definition) is 0. The van der Waals surface area contributed by atoms with E-state index in [1.807, 2.05) is 22.8 Å². The molecule has 0 spiro atoms. The van der Waals surface area contributed by atoms with Crippen molar-refractivity contribution in [2.24, 2.45) is 0 Å². The highest BCUT2D eigenvalue weighted by Crippen LogP contribution is 2.32. The van der Waals surface area contributed by atoms with Crippen LogP contribution < -0.4 is 4.90 Å². The van der Waals surface area contributed by atoms with Gasteiger partial charge in [-0.25, -0.2) is 9.97 Å². The first-order valence-corrected chi connectivity index (χ1v) is 7.72. The van der Waals surface area contributed by atoms with Crippen LogP contribution in [0, 0.1) is 0 Å². The topological polar surface area (TPSA) is 46.1 Å². The average molecular weight is 295 g/mol. The maximum absolute atomic E-state index is 11.2. The lowest BCUT2D eigenvalue weighted by Crippen LogP contribution is -2.18. The van der Waals surface area contributed by atoms with Crippen LogP contribution in [0.1, 0.15) is 41.8 Å². The zero-order chi connectivity index (χ0) is 14.0. The van der Waals surface area contributed by atoms with Gasteiger partial charge < -0.3 is 4.90 Å². The van der Waals surface area contributed by atoms with E-state index < -0.39 is 0 Å². The summed E-state index contributed by atoms with van der Waals surface area (Å²) in [5.74, 6) is 0. The Morgan fingerprint density at radius 2 is 2.16 bits per heavy atom. The summed E-state index contributed by atoms with van der Waals surface area (Å²) in [6, 6.07) is 0. The molecule has 2 aromatic rings. The van der Waals surface area contributed by atoms with Gasteiger partial charge >= 0.3 is 0 Å². The first-order valence-electron chi connectivity index (χ1n) is 5.96. The Bertz CT molecular complexity index is 555. The minimum absolute atomic E-state index is 0.119. The van der Waals surface area contributed by atoms with Gasteiger partial charge in [-0.15, -0.1) is 11.3 Å². The highest BCUT2D eigenvalue weighted by Gasteiger charge is 2.24. The Labute approximate surface area is 121 Å². The molecule has 0 saturated carbocycles. The van der Waals surface area contributed by atoms with Gasteiger partial charge in [0.1, 0.15) is 0 Å². The van der Waals surface area contributed by atoms with Crippen molar-refractivity contribution in [3.05, 3.63) is 27.2 Å². The molecule has 2 rings (SSSR count). The Kier molecular flexibility index (Phi) is 4.01. The van der Waals surface area contributed by atoms with Gasteiger partial charge in [0, 0.05) is 17.8 Å². The third-order valence-corrected chi connectivity index (χ3v) is 4.40. The fraction of sp³-hybridized carbons (Fsp3) is 0.462. The second-order valence-corrected chi connectivity index (χ2v) is 7.14. The fourth-order valence-electron chi connectivity index (χ4n) is 1.73. The molecule has 0 fully saturated rings. The van der Waals surface area contributed by atoms with Crippen LogP contribution in [0.15, 0.2) is 10.9 Å².